The number of sulfonamides is 1. The summed E-state index contributed by atoms with van der Waals surface area (Å²) in [6.45, 7) is 1.20. The average molecular weight is 317 g/mol. The van der Waals surface area contributed by atoms with Gasteiger partial charge in [0.2, 0.25) is 10.0 Å². The number of carboxylic acids is 1. The van der Waals surface area contributed by atoms with Crippen LogP contribution in [0.5, 0.6) is 0 Å². The van der Waals surface area contributed by atoms with Gasteiger partial charge in [0, 0.05) is 18.6 Å². The van der Waals surface area contributed by atoms with Crippen molar-refractivity contribution in [2.45, 2.75) is 11.8 Å². The van der Waals surface area contributed by atoms with Gasteiger partial charge in [-0.1, -0.05) is 18.5 Å². The summed E-state index contributed by atoms with van der Waals surface area (Å²) in [7, 11) is -2.71. The monoisotopic (exact) mass is 316 g/mol. The number of carboxylic acid groups (broad SMARTS) is 1. The minimum absolute atomic E-state index is 0.0378. The molecule has 0 saturated carbocycles. The predicted octanol–water partition coefficient (Wildman–Crippen LogP) is 1.55. The van der Waals surface area contributed by atoms with E-state index in [0.29, 0.717) is 0 Å². The molecule has 108 valence electrons. The first-order valence-electron chi connectivity index (χ1n) is 5.59. The van der Waals surface area contributed by atoms with Crippen molar-refractivity contribution in [2.75, 3.05) is 13.6 Å². The number of aliphatic carboxylic acids is 1. The molecule has 6 nitrogen and oxygen atoms in total. The van der Waals surface area contributed by atoms with Gasteiger partial charge in [0.1, 0.15) is 11.0 Å². The molecule has 8 heteroatoms. The van der Waals surface area contributed by atoms with Crippen molar-refractivity contribution >= 4 is 27.6 Å². The van der Waals surface area contributed by atoms with Crippen LogP contribution in [0.3, 0.4) is 0 Å². The van der Waals surface area contributed by atoms with Crippen molar-refractivity contribution in [2.24, 2.45) is 5.92 Å². The lowest BCUT2D eigenvalue weighted by molar-refractivity contribution is -0.141. The van der Waals surface area contributed by atoms with E-state index in [1.54, 1.807) is 6.07 Å². The second-order valence-corrected chi connectivity index (χ2v) is 6.73. The Bertz CT molecular complexity index is 667. The van der Waals surface area contributed by atoms with Gasteiger partial charge < -0.3 is 5.11 Å². The second-order valence-electron chi connectivity index (χ2n) is 4.28. The number of hydrogen-bond donors (Lipinski definition) is 1. The van der Waals surface area contributed by atoms with Crippen molar-refractivity contribution in [1.82, 2.24) is 4.31 Å². The molecule has 0 saturated heterocycles. The summed E-state index contributed by atoms with van der Waals surface area (Å²) >= 11 is 5.75. The Morgan fingerprint density at radius 3 is 2.65 bits per heavy atom. The maximum absolute atomic E-state index is 12.3. The Morgan fingerprint density at radius 2 is 2.15 bits per heavy atom. The lowest BCUT2D eigenvalue weighted by Gasteiger charge is -2.19. The van der Waals surface area contributed by atoms with Crippen LogP contribution in [0.4, 0.5) is 0 Å². The molecular formula is C12H13ClN2O4S. The maximum Gasteiger partial charge on any atom is 0.307 e. The maximum atomic E-state index is 12.3. The third-order valence-electron chi connectivity index (χ3n) is 2.70. The summed E-state index contributed by atoms with van der Waals surface area (Å²) in [5.41, 5.74) is -0.0378. The van der Waals surface area contributed by atoms with Gasteiger partial charge >= 0.3 is 5.97 Å². The van der Waals surface area contributed by atoms with E-state index in [0.717, 1.165) is 4.31 Å². The topological polar surface area (TPSA) is 98.5 Å². The largest absolute Gasteiger partial charge is 0.481 e. The van der Waals surface area contributed by atoms with Crippen LogP contribution in [0.25, 0.3) is 0 Å². The summed E-state index contributed by atoms with van der Waals surface area (Å²) in [6.07, 6.45) is 0. The molecule has 0 fully saturated rings. The van der Waals surface area contributed by atoms with Gasteiger partial charge in [-0.25, -0.2) is 12.7 Å². The highest BCUT2D eigenvalue weighted by atomic mass is 35.5. The normalized spacial score (nSPS) is 12.9. The summed E-state index contributed by atoms with van der Waals surface area (Å²) in [6, 6.07) is 5.68. The molecule has 0 spiro atoms. The van der Waals surface area contributed by atoms with Gasteiger partial charge in [0.15, 0.2) is 0 Å². The Kier molecular flexibility index (Phi) is 5.11. The van der Waals surface area contributed by atoms with E-state index in [-0.39, 0.29) is 22.0 Å². The molecule has 0 aliphatic rings. The minimum atomic E-state index is -3.97. The van der Waals surface area contributed by atoms with E-state index in [4.69, 9.17) is 22.0 Å². The predicted molar refractivity (Wildman–Crippen MR) is 72.8 cm³/mol. The van der Waals surface area contributed by atoms with E-state index >= 15 is 0 Å². The zero-order chi connectivity index (χ0) is 15.5. The highest BCUT2D eigenvalue weighted by molar-refractivity contribution is 7.89. The van der Waals surface area contributed by atoms with Gasteiger partial charge in [-0.05, 0) is 18.2 Å². The third kappa shape index (κ3) is 3.48. The Labute approximate surface area is 122 Å². The fraction of sp³-hybridized carbons (Fsp3) is 0.333. The van der Waals surface area contributed by atoms with Crippen LogP contribution in [0.2, 0.25) is 5.02 Å². The molecule has 1 atom stereocenters. The fourth-order valence-electron chi connectivity index (χ4n) is 1.53. The first kappa shape index (κ1) is 16.4. The van der Waals surface area contributed by atoms with Crippen LogP contribution in [0, 0.1) is 17.2 Å². The van der Waals surface area contributed by atoms with E-state index in [1.165, 1.54) is 32.2 Å². The quantitative estimate of drug-likeness (QED) is 0.888. The first-order valence-corrected chi connectivity index (χ1v) is 7.40. The molecule has 0 heterocycles. The molecule has 0 radical (unpaired) electrons. The van der Waals surface area contributed by atoms with Crippen LogP contribution in [-0.2, 0) is 14.8 Å². The molecule has 0 aliphatic heterocycles. The van der Waals surface area contributed by atoms with E-state index in [9.17, 15) is 13.2 Å². The van der Waals surface area contributed by atoms with Gasteiger partial charge in [-0.3, -0.25) is 4.79 Å². The van der Waals surface area contributed by atoms with E-state index in [2.05, 4.69) is 0 Å². The minimum Gasteiger partial charge on any atom is -0.481 e. The van der Waals surface area contributed by atoms with Gasteiger partial charge in [0.05, 0.1) is 11.5 Å². The molecule has 0 aromatic heterocycles. The molecule has 1 N–H and O–H groups in total. The zero-order valence-corrected chi connectivity index (χ0v) is 12.4. The number of carbonyl (C=O) groups is 1. The van der Waals surface area contributed by atoms with Crippen molar-refractivity contribution in [3.63, 3.8) is 0 Å². The number of nitriles is 1. The summed E-state index contributed by atoms with van der Waals surface area (Å²) < 4.78 is 25.6. The second kappa shape index (κ2) is 6.22. The smallest absolute Gasteiger partial charge is 0.307 e. The highest BCUT2D eigenvalue weighted by Crippen LogP contribution is 2.23. The Morgan fingerprint density at radius 1 is 1.55 bits per heavy atom. The molecule has 1 rings (SSSR count). The Hall–Kier alpha value is -1.62. The number of halogens is 1. The number of benzene rings is 1. The standard InChI is InChI=1S/C12H13ClN2O4S/c1-8(12(16)17)7-15(2)20(18,19)11-5-10(13)4-3-9(11)6-14/h3-5,8H,7H2,1-2H3,(H,16,17). The van der Waals surface area contributed by atoms with Gasteiger partial charge in [0.25, 0.3) is 0 Å². The van der Waals surface area contributed by atoms with Crippen LogP contribution < -0.4 is 0 Å². The summed E-state index contributed by atoms with van der Waals surface area (Å²) in [5, 5.41) is 18.0. The summed E-state index contributed by atoms with van der Waals surface area (Å²) in [5.74, 6) is -1.96. The van der Waals surface area contributed by atoms with Gasteiger partial charge in [-0.15, -0.1) is 0 Å². The van der Waals surface area contributed by atoms with Crippen LogP contribution in [0.1, 0.15) is 12.5 Å². The van der Waals surface area contributed by atoms with Crippen molar-refractivity contribution in [3.8, 4) is 6.07 Å². The van der Waals surface area contributed by atoms with Crippen LogP contribution >= 0.6 is 11.6 Å². The fourth-order valence-corrected chi connectivity index (χ4v) is 3.19. The molecule has 0 bridgehead atoms. The van der Waals surface area contributed by atoms with E-state index < -0.39 is 21.9 Å². The van der Waals surface area contributed by atoms with Crippen molar-refractivity contribution in [3.05, 3.63) is 28.8 Å². The van der Waals surface area contributed by atoms with Crippen LogP contribution in [0.15, 0.2) is 23.1 Å². The third-order valence-corrected chi connectivity index (χ3v) is 4.80. The van der Waals surface area contributed by atoms with E-state index in [1.807, 2.05) is 0 Å². The molecule has 0 amide bonds. The molecule has 1 aromatic carbocycles. The lowest BCUT2D eigenvalue weighted by atomic mass is 10.2. The SMILES string of the molecule is CC(CN(C)S(=O)(=O)c1cc(Cl)ccc1C#N)C(=O)O. The average Bonchev–Trinajstić information content (AvgIpc) is 2.38. The Balaban J connectivity index is 3.20. The molecule has 1 unspecified atom stereocenters. The lowest BCUT2D eigenvalue weighted by Crippen LogP contribution is -2.34. The molecule has 0 aliphatic carbocycles. The first-order chi connectivity index (χ1) is 9.20. The highest BCUT2D eigenvalue weighted by Gasteiger charge is 2.27. The van der Waals surface area contributed by atoms with Crippen molar-refractivity contribution in [1.29, 1.82) is 5.26 Å². The number of nitrogens with zero attached hydrogens (tertiary/aromatic N) is 2. The zero-order valence-electron chi connectivity index (χ0n) is 10.9. The number of rotatable bonds is 5. The number of hydrogen-bond acceptors (Lipinski definition) is 4. The molecule has 1 aromatic rings. The van der Waals surface area contributed by atoms with Gasteiger partial charge in [-0.2, -0.15) is 5.26 Å². The summed E-state index contributed by atoms with van der Waals surface area (Å²) in [4.78, 5) is 10.6. The molecule has 20 heavy (non-hydrogen) atoms. The van der Waals surface area contributed by atoms with Crippen molar-refractivity contribution < 1.29 is 18.3 Å². The van der Waals surface area contributed by atoms with Crippen LogP contribution in [-0.4, -0.2) is 37.4 Å². The molecular weight excluding hydrogens is 304 g/mol.